The number of rotatable bonds is 2. The van der Waals surface area contributed by atoms with Gasteiger partial charge in [0.1, 0.15) is 11.5 Å². The SMILES string of the molecule is O=C(O)[C@H]1[C@H]2C(=O)N(c3ccccc3Cl)C[C@@]23C=C[C@H]1O3. The molecule has 0 aliphatic carbocycles. The predicted octanol–water partition coefficient (Wildman–Crippen LogP) is 1.71. The van der Waals surface area contributed by atoms with Crippen LogP contribution in [0.1, 0.15) is 0 Å². The fraction of sp³-hybridized carbons (Fsp3) is 0.333. The van der Waals surface area contributed by atoms with E-state index in [4.69, 9.17) is 16.3 Å². The van der Waals surface area contributed by atoms with Gasteiger partial charge in [-0.3, -0.25) is 9.59 Å². The van der Waals surface area contributed by atoms with Crippen molar-refractivity contribution in [3.05, 3.63) is 41.4 Å². The Labute approximate surface area is 125 Å². The van der Waals surface area contributed by atoms with Gasteiger partial charge in [0.2, 0.25) is 5.91 Å². The molecular weight excluding hydrogens is 294 g/mol. The molecule has 0 unspecified atom stereocenters. The number of fused-ring (bicyclic) bond motifs is 1. The lowest BCUT2D eigenvalue weighted by atomic mass is 9.77. The van der Waals surface area contributed by atoms with Crippen molar-refractivity contribution < 1.29 is 19.4 Å². The first-order valence-corrected chi connectivity index (χ1v) is 7.07. The van der Waals surface area contributed by atoms with Crippen LogP contribution < -0.4 is 4.90 Å². The number of carboxylic acid groups (broad SMARTS) is 1. The van der Waals surface area contributed by atoms with Gasteiger partial charge in [-0.05, 0) is 12.1 Å². The fourth-order valence-corrected chi connectivity index (χ4v) is 3.89. The minimum absolute atomic E-state index is 0.234. The molecule has 1 amide bonds. The van der Waals surface area contributed by atoms with Crippen molar-refractivity contribution in [1.29, 1.82) is 0 Å². The van der Waals surface area contributed by atoms with Crippen molar-refractivity contribution in [2.24, 2.45) is 11.8 Å². The van der Waals surface area contributed by atoms with E-state index in [0.717, 1.165) is 0 Å². The number of anilines is 1. The van der Waals surface area contributed by atoms with Crippen molar-refractivity contribution in [2.45, 2.75) is 11.7 Å². The Hall–Kier alpha value is -1.85. The molecule has 1 N–H and O–H groups in total. The van der Waals surface area contributed by atoms with Crippen molar-refractivity contribution in [3.63, 3.8) is 0 Å². The molecule has 3 aliphatic heterocycles. The van der Waals surface area contributed by atoms with Gasteiger partial charge >= 0.3 is 5.97 Å². The summed E-state index contributed by atoms with van der Waals surface area (Å²) >= 11 is 6.16. The number of halogens is 1. The van der Waals surface area contributed by atoms with Gasteiger partial charge in [0.25, 0.3) is 0 Å². The molecule has 4 atom stereocenters. The molecule has 3 aliphatic rings. The summed E-state index contributed by atoms with van der Waals surface area (Å²) in [6.07, 6.45) is 3.07. The Balaban J connectivity index is 1.78. The maximum Gasteiger partial charge on any atom is 0.310 e. The topological polar surface area (TPSA) is 66.8 Å². The average molecular weight is 306 g/mol. The molecule has 0 saturated carbocycles. The summed E-state index contributed by atoms with van der Waals surface area (Å²) in [6, 6.07) is 7.04. The molecule has 108 valence electrons. The molecule has 2 saturated heterocycles. The van der Waals surface area contributed by atoms with Crippen LogP contribution in [0.5, 0.6) is 0 Å². The zero-order valence-corrected chi connectivity index (χ0v) is 11.7. The maximum absolute atomic E-state index is 12.7. The number of hydrogen-bond acceptors (Lipinski definition) is 3. The van der Waals surface area contributed by atoms with Gasteiger partial charge in [-0.25, -0.2) is 0 Å². The molecular formula is C15H12ClNO4. The number of benzene rings is 1. The number of carbonyl (C=O) groups is 2. The minimum atomic E-state index is -0.995. The van der Waals surface area contributed by atoms with E-state index in [-0.39, 0.29) is 5.91 Å². The van der Waals surface area contributed by atoms with Crippen LogP contribution in [0.4, 0.5) is 5.69 Å². The van der Waals surface area contributed by atoms with Crippen LogP contribution in [-0.4, -0.2) is 35.2 Å². The van der Waals surface area contributed by atoms with Gasteiger partial charge in [0.05, 0.1) is 29.3 Å². The summed E-state index contributed by atoms with van der Waals surface area (Å²) in [5, 5.41) is 9.86. The molecule has 6 heteroatoms. The van der Waals surface area contributed by atoms with Crippen LogP contribution in [0.2, 0.25) is 5.02 Å². The standard InChI is InChI=1S/C15H12ClNO4/c16-8-3-1-2-4-9(8)17-7-15-6-5-10(21-15)11(14(19)20)12(15)13(17)18/h1-6,10-12H,7H2,(H,19,20)/t10-,11-,12+,15+/m1/s1. The minimum Gasteiger partial charge on any atom is -0.481 e. The summed E-state index contributed by atoms with van der Waals surface area (Å²) in [5.41, 5.74) is -0.234. The van der Waals surface area contributed by atoms with E-state index in [9.17, 15) is 14.7 Å². The zero-order valence-electron chi connectivity index (χ0n) is 10.9. The number of hydrogen-bond donors (Lipinski definition) is 1. The third-order valence-corrected chi connectivity index (χ3v) is 4.85. The highest BCUT2D eigenvalue weighted by Gasteiger charge is 2.67. The molecule has 2 bridgehead atoms. The number of para-hydroxylation sites is 1. The number of amides is 1. The normalized spacial score (nSPS) is 36.3. The Morgan fingerprint density at radius 1 is 1.43 bits per heavy atom. The summed E-state index contributed by atoms with van der Waals surface area (Å²) in [7, 11) is 0. The van der Waals surface area contributed by atoms with E-state index in [2.05, 4.69) is 0 Å². The predicted molar refractivity (Wildman–Crippen MR) is 75.2 cm³/mol. The Bertz CT molecular complexity index is 688. The number of carbonyl (C=O) groups excluding carboxylic acids is 1. The van der Waals surface area contributed by atoms with Crippen LogP contribution in [-0.2, 0) is 14.3 Å². The van der Waals surface area contributed by atoms with Gasteiger partial charge < -0.3 is 14.7 Å². The Kier molecular flexibility index (Phi) is 2.50. The first-order valence-electron chi connectivity index (χ1n) is 6.69. The van der Waals surface area contributed by atoms with E-state index in [0.29, 0.717) is 17.3 Å². The smallest absolute Gasteiger partial charge is 0.310 e. The van der Waals surface area contributed by atoms with Gasteiger partial charge in [0.15, 0.2) is 0 Å². The molecule has 0 aromatic heterocycles. The lowest BCUT2D eigenvalue weighted by Gasteiger charge is -2.22. The van der Waals surface area contributed by atoms with Crippen LogP contribution in [0.25, 0.3) is 0 Å². The van der Waals surface area contributed by atoms with E-state index in [1.165, 1.54) is 4.90 Å². The van der Waals surface area contributed by atoms with Gasteiger partial charge in [-0.2, -0.15) is 0 Å². The highest BCUT2D eigenvalue weighted by molar-refractivity contribution is 6.34. The molecule has 2 fully saturated rings. The van der Waals surface area contributed by atoms with Crippen molar-refractivity contribution >= 4 is 29.2 Å². The average Bonchev–Trinajstić information content (AvgIpc) is 3.08. The Morgan fingerprint density at radius 3 is 2.90 bits per heavy atom. The number of ether oxygens (including phenoxy) is 1. The van der Waals surface area contributed by atoms with Crippen molar-refractivity contribution in [3.8, 4) is 0 Å². The molecule has 1 aromatic rings. The third kappa shape index (κ3) is 1.56. The molecule has 21 heavy (non-hydrogen) atoms. The second kappa shape index (κ2) is 4.08. The van der Waals surface area contributed by atoms with Crippen LogP contribution in [0.15, 0.2) is 36.4 Å². The second-order valence-electron chi connectivity index (χ2n) is 5.61. The zero-order chi connectivity index (χ0) is 14.8. The monoisotopic (exact) mass is 305 g/mol. The molecule has 3 heterocycles. The van der Waals surface area contributed by atoms with Gasteiger partial charge in [-0.15, -0.1) is 0 Å². The fourth-order valence-electron chi connectivity index (χ4n) is 3.65. The highest BCUT2D eigenvalue weighted by atomic mass is 35.5. The third-order valence-electron chi connectivity index (χ3n) is 4.53. The van der Waals surface area contributed by atoms with Crippen LogP contribution in [0.3, 0.4) is 0 Å². The van der Waals surface area contributed by atoms with E-state index in [1.807, 2.05) is 6.08 Å². The molecule has 1 aromatic carbocycles. The first kappa shape index (κ1) is 12.9. The van der Waals surface area contributed by atoms with Gasteiger partial charge in [0, 0.05) is 0 Å². The van der Waals surface area contributed by atoms with E-state index >= 15 is 0 Å². The molecule has 5 nitrogen and oxygen atoms in total. The highest BCUT2D eigenvalue weighted by Crippen LogP contribution is 2.53. The summed E-state index contributed by atoms with van der Waals surface area (Å²) in [5.74, 6) is -2.73. The summed E-state index contributed by atoms with van der Waals surface area (Å²) in [6.45, 7) is 0.303. The lowest BCUT2D eigenvalue weighted by molar-refractivity contribution is -0.146. The first-order chi connectivity index (χ1) is 10.0. The van der Waals surface area contributed by atoms with Crippen molar-refractivity contribution in [1.82, 2.24) is 0 Å². The number of aliphatic carboxylic acids is 1. The van der Waals surface area contributed by atoms with Crippen LogP contribution >= 0.6 is 11.6 Å². The lowest BCUT2D eigenvalue weighted by Crippen LogP contribution is -2.39. The van der Waals surface area contributed by atoms with E-state index < -0.39 is 29.5 Å². The van der Waals surface area contributed by atoms with E-state index in [1.54, 1.807) is 30.3 Å². The molecule has 1 spiro atoms. The van der Waals surface area contributed by atoms with Gasteiger partial charge in [-0.1, -0.05) is 35.9 Å². The number of carboxylic acids is 1. The Morgan fingerprint density at radius 2 is 2.19 bits per heavy atom. The maximum atomic E-state index is 12.7. The quantitative estimate of drug-likeness (QED) is 0.845. The summed E-state index contributed by atoms with van der Waals surface area (Å²) < 4.78 is 5.82. The molecule has 0 radical (unpaired) electrons. The largest absolute Gasteiger partial charge is 0.481 e. The molecule has 4 rings (SSSR count). The van der Waals surface area contributed by atoms with Crippen LogP contribution in [0, 0.1) is 11.8 Å². The van der Waals surface area contributed by atoms with Crippen molar-refractivity contribution in [2.75, 3.05) is 11.4 Å². The number of nitrogens with zero attached hydrogens (tertiary/aromatic N) is 1. The summed E-state index contributed by atoms with van der Waals surface area (Å²) in [4.78, 5) is 25.7. The second-order valence-corrected chi connectivity index (χ2v) is 6.02.